The molecule has 0 saturated carbocycles. The number of carbonyl (C=O) groups is 1. The van der Waals surface area contributed by atoms with Crippen LogP contribution in [0.5, 0.6) is 5.75 Å². The number of H-pyrrole nitrogens is 1. The van der Waals surface area contributed by atoms with Gasteiger partial charge in [-0.25, -0.2) is 4.98 Å². The van der Waals surface area contributed by atoms with Crippen LogP contribution in [0.2, 0.25) is 0 Å². The highest BCUT2D eigenvalue weighted by Crippen LogP contribution is 2.19. The fraction of sp³-hybridized carbons (Fsp3) is 0.118. The third kappa shape index (κ3) is 3.74. The molecule has 116 valence electrons. The van der Waals surface area contributed by atoms with Crippen LogP contribution in [-0.4, -0.2) is 20.9 Å². The van der Waals surface area contributed by atoms with Gasteiger partial charge in [-0.3, -0.25) is 9.78 Å². The first-order valence-electron chi connectivity index (χ1n) is 7.16. The Morgan fingerprint density at radius 2 is 1.96 bits per heavy atom. The Bertz CT molecular complexity index is 783. The predicted molar refractivity (Wildman–Crippen MR) is 84.9 cm³/mol. The number of hydrogen-bond donors (Lipinski definition) is 2. The van der Waals surface area contributed by atoms with Crippen molar-refractivity contribution < 1.29 is 9.53 Å². The Balaban J connectivity index is 1.69. The van der Waals surface area contributed by atoms with Crippen LogP contribution in [0.1, 0.15) is 27.4 Å². The van der Waals surface area contributed by atoms with Gasteiger partial charge in [0, 0.05) is 24.2 Å². The number of imidazole rings is 1. The van der Waals surface area contributed by atoms with Gasteiger partial charge in [0.2, 0.25) is 5.91 Å². The van der Waals surface area contributed by atoms with Crippen molar-refractivity contribution in [2.24, 2.45) is 5.73 Å². The normalized spacial score (nSPS) is 10.4. The van der Waals surface area contributed by atoms with Crippen LogP contribution < -0.4 is 10.5 Å². The predicted octanol–water partition coefficient (Wildman–Crippen LogP) is 2.07. The summed E-state index contributed by atoms with van der Waals surface area (Å²) in [7, 11) is 0. The average molecular weight is 308 g/mol. The summed E-state index contributed by atoms with van der Waals surface area (Å²) in [5.74, 6) is 1.10. The van der Waals surface area contributed by atoms with Crippen LogP contribution in [0.15, 0.2) is 55.0 Å². The van der Waals surface area contributed by atoms with Crippen molar-refractivity contribution in [3.8, 4) is 5.75 Å². The maximum atomic E-state index is 11.1. The summed E-state index contributed by atoms with van der Waals surface area (Å²) in [5.41, 5.74) is 7.47. The maximum absolute atomic E-state index is 11.1. The molecule has 0 radical (unpaired) electrons. The fourth-order valence-electron chi connectivity index (χ4n) is 2.17. The van der Waals surface area contributed by atoms with E-state index in [1.54, 1.807) is 30.7 Å². The van der Waals surface area contributed by atoms with Crippen molar-refractivity contribution in [1.82, 2.24) is 15.0 Å². The molecule has 0 saturated heterocycles. The molecular weight excluding hydrogens is 292 g/mol. The smallest absolute Gasteiger partial charge is 0.248 e. The van der Waals surface area contributed by atoms with Crippen LogP contribution in [0.25, 0.3) is 0 Å². The molecule has 0 aliphatic heterocycles. The lowest BCUT2D eigenvalue weighted by atomic mass is 10.1. The number of nitrogens with one attached hydrogen (secondary N) is 1. The number of aromatic nitrogens is 3. The van der Waals surface area contributed by atoms with Gasteiger partial charge in [-0.15, -0.1) is 0 Å². The molecule has 3 rings (SSSR count). The highest BCUT2D eigenvalue weighted by atomic mass is 16.5. The molecule has 0 atom stereocenters. The van der Waals surface area contributed by atoms with Gasteiger partial charge in [0.25, 0.3) is 0 Å². The van der Waals surface area contributed by atoms with E-state index in [2.05, 4.69) is 15.0 Å². The number of nitrogens with zero attached hydrogens (tertiary/aromatic N) is 2. The van der Waals surface area contributed by atoms with E-state index in [0.717, 1.165) is 17.1 Å². The Kier molecular flexibility index (Phi) is 4.33. The van der Waals surface area contributed by atoms with E-state index < -0.39 is 5.91 Å². The first kappa shape index (κ1) is 14.8. The van der Waals surface area contributed by atoms with Crippen molar-refractivity contribution >= 4 is 5.91 Å². The van der Waals surface area contributed by atoms with E-state index in [9.17, 15) is 4.79 Å². The second kappa shape index (κ2) is 6.74. The standard InChI is InChI=1S/C17H16N4O2/c18-17(22)13-5-3-12(4-6-13)11-23-15-2-1-7-19-14(15)10-16-20-8-9-21-16/h1-9H,10-11H2,(H2,18,22)(H,20,21). The lowest BCUT2D eigenvalue weighted by molar-refractivity contribution is 0.1000. The molecule has 3 aromatic rings. The maximum Gasteiger partial charge on any atom is 0.248 e. The molecule has 0 fully saturated rings. The van der Waals surface area contributed by atoms with Gasteiger partial charge in [-0.05, 0) is 29.8 Å². The quantitative estimate of drug-likeness (QED) is 0.729. The zero-order valence-electron chi connectivity index (χ0n) is 12.4. The third-order valence-electron chi connectivity index (χ3n) is 3.37. The SMILES string of the molecule is NC(=O)c1ccc(COc2cccnc2Cc2ncc[nH]2)cc1. The zero-order chi connectivity index (χ0) is 16.1. The number of aromatic amines is 1. The van der Waals surface area contributed by atoms with Crippen molar-refractivity contribution in [3.63, 3.8) is 0 Å². The number of hydrogen-bond acceptors (Lipinski definition) is 4. The Morgan fingerprint density at radius 3 is 2.65 bits per heavy atom. The molecule has 0 unspecified atom stereocenters. The average Bonchev–Trinajstić information content (AvgIpc) is 3.07. The molecule has 0 aliphatic carbocycles. The number of amides is 1. The minimum atomic E-state index is -0.439. The number of ether oxygens (including phenoxy) is 1. The molecule has 23 heavy (non-hydrogen) atoms. The Labute approximate surface area is 133 Å². The van der Waals surface area contributed by atoms with E-state index in [1.807, 2.05) is 24.3 Å². The van der Waals surface area contributed by atoms with E-state index in [0.29, 0.717) is 24.3 Å². The van der Waals surface area contributed by atoms with E-state index >= 15 is 0 Å². The van der Waals surface area contributed by atoms with E-state index in [4.69, 9.17) is 10.5 Å². The van der Waals surface area contributed by atoms with Crippen LogP contribution >= 0.6 is 0 Å². The number of carbonyl (C=O) groups excluding carboxylic acids is 1. The summed E-state index contributed by atoms with van der Waals surface area (Å²) >= 11 is 0. The number of primary amides is 1. The first-order valence-corrected chi connectivity index (χ1v) is 7.16. The summed E-state index contributed by atoms with van der Waals surface area (Å²) in [6, 6.07) is 10.7. The number of pyridine rings is 1. The van der Waals surface area contributed by atoms with Crippen LogP contribution in [0, 0.1) is 0 Å². The summed E-state index contributed by atoms with van der Waals surface area (Å²) in [6.45, 7) is 0.385. The second-order valence-electron chi connectivity index (χ2n) is 5.01. The second-order valence-corrected chi connectivity index (χ2v) is 5.01. The van der Waals surface area contributed by atoms with Gasteiger partial charge >= 0.3 is 0 Å². The lowest BCUT2D eigenvalue weighted by Crippen LogP contribution is -2.10. The highest BCUT2D eigenvalue weighted by Gasteiger charge is 2.08. The summed E-state index contributed by atoms with van der Waals surface area (Å²) in [6.07, 6.45) is 5.79. The van der Waals surface area contributed by atoms with Crippen LogP contribution in [0.3, 0.4) is 0 Å². The first-order chi connectivity index (χ1) is 11.2. The van der Waals surface area contributed by atoms with Crippen molar-refractivity contribution in [3.05, 3.63) is 77.6 Å². The number of benzene rings is 1. The topological polar surface area (TPSA) is 93.9 Å². The summed E-state index contributed by atoms with van der Waals surface area (Å²) in [5, 5.41) is 0. The monoisotopic (exact) mass is 308 g/mol. The third-order valence-corrected chi connectivity index (χ3v) is 3.37. The minimum absolute atomic E-state index is 0.385. The largest absolute Gasteiger partial charge is 0.487 e. The van der Waals surface area contributed by atoms with Crippen LogP contribution in [0.4, 0.5) is 0 Å². The number of rotatable bonds is 6. The number of nitrogens with two attached hydrogens (primary N) is 1. The lowest BCUT2D eigenvalue weighted by Gasteiger charge is -2.10. The van der Waals surface area contributed by atoms with Gasteiger partial charge in [-0.2, -0.15) is 0 Å². The van der Waals surface area contributed by atoms with Gasteiger partial charge in [-0.1, -0.05) is 12.1 Å². The highest BCUT2D eigenvalue weighted by molar-refractivity contribution is 5.92. The molecule has 6 heteroatoms. The molecular formula is C17H16N4O2. The molecule has 6 nitrogen and oxygen atoms in total. The summed E-state index contributed by atoms with van der Waals surface area (Å²) < 4.78 is 5.85. The molecule has 0 bridgehead atoms. The van der Waals surface area contributed by atoms with Crippen molar-refractivity contribution in [1.29, 1.82) is 0 Å². The van der Waals surface area contributed by atoms with Crippen molar-refractivity contribution in [2.45, 2.75) is 13.0 Å². The van der Waals surface area contributed by atoms with Gasteiger partial charge in [0.05, 0.1) is 12.1 Å². The zero-order valence-corrected chi connectivity index (χ0v) is 12.4. The molecule has 2 aromatic heterocycles. The van der Waals surface area contributed by atoms with E-state index in [1.165, 1.54) is 0 Å². The van der Waals surface area contributed by atoms with E-state index in [-0.39, 0.29) is 0 Å². The van der Waals surface area contributed by atoms with Gasteiger partial charge < -0.3 is 15.5 Å². The molecule has 0 aliphatic rings. The fourth-order valence-corrected chi connectivity index (χ4v) is 2.17. The molecule has 2 heterocycles. The molecule has 3 N–H and O–H groups in total. The van der Waals surface area contributed by atoms with Gasteiger partial charge in [0.1, 0.15) is 18.2 Å². The molecule has 0 spiro atoms. The van der Waals surface area contributed by atoms with Gasteiger partial charge in [0.15, 0.2) is 0 Å². The molecule has 1 amide bonds. The minimum Gasteiger partial charge on any atom is -0.487 e. The Morgan fingerprint density at radius 1 is 1.13 bits per heavy atom. The summed E-state index contributed by atoms with van der Waals surface area (Å²) in [4.78, 5) is 22.7. The van der Waals surface area contributed by atoms with Crippen molar-refractivity contribution in [2.75, 3.05) is 0 Å². The van der Waals surface area contributed by atoms with Crippen LogP contribution in [-0.2, 0) is 13.0 Å². The Hall–Kier alpha value is -3.15. The molecule has 1 aromatic carbocycles.